The Hall–Kier alpha value is -0.610. The fourth-order valence-corrected chi connectivity index (χ4v) is 1.65. The summed E-state index contributed by atoms with van der Waals surface area (Å²) < 4.78 is 10.9. The number of unbranched alkanes of at least 4 members (excludes halogenated alkanes) is 1. The summed E-state index contributed by atoms with van der Waals surface area (Å²) in [5, 5.41) is 3.07. The molecule has 4 heteroatoms. The Labute approximate surface area is 118 Å². The van der Waals surface area contributed by atoms with E-state index in [4.69, 9.17) is 9.47 Å². The number of carbonyl (C=O) groups is 1. The van der Waals surface area contributed by atoms with Crippen LogP contribution >= 0.6 is 0 Å². The molecular formula is C15H31NO3. The van der Waals surface area contributed by atoms with Crippen LogP contribution in [0.25, 0.3) is 0 Å². The maximum absolute atomic E-state index is 11.8. The maximum atomic E-state index is 11.8. The van der Waals surface area contributed by atoms with Crippen molar-refractivity contribution >= 4 is 5.97 Å². The molecule has 0 radical (unpaired) electrons. The predicted molar refractivity (Wildman–Crippen MR) is 78.3 cm³/mol. The zero-order valence-corrected chi connectivity index (χ0v) is 13.5. The topological polar surface area (TPSA) is 47.6 Å². The lowest BCUT2D eigenvalue weighted by Gasteiger charge is -2.27. The third-order valence-electron chi connectivity index (χ3n) is 3.69. The minimum absolute atomic E-state index is 0.0482. The normalized spacial score (nSPS) is 15.1. The van der Waals surface area contributed by atoms with Gasteiger partial charge in [0.05, 0.1) is 12.2 Å². The Morgan fingerprint density at radius 3 is 2.26 bits per heavy atom. The molecule has 0 rings (SSSR count). The third kappa shape index (κ3) is 6.92. The van der Waals surface area contributed by atoms with E-state index in [0.717, 1.165) is 32.3 Å². The van der Waals surface area contributed by atoms with Crippen LogP contribution in [0.5, 0.6) is 0 Å². The van der Waals surface area contributed by atoms with Crippen LogP contribution in [0.15, 0.2) is 0 Å². The Bertz CT molecular complexity index is 266. The Morgan fingerprint density at radius 1 is 1.16 bits per heavy atom. The number of hydrogen-bond donors (Lipinski definition) is 1. The van der Waals surface area contributed by atoms with Crippen molar-refractivity contribution in [3.05, 3.63) is 0 Å². The molecule has 1 unspecified atom stereocenters. The molecule has 0 heterocycles. The van der Waals surface area contributed by atoms with E-state index in [0.29, 0.717) is 6.61 Å². The van der Waals surface area contributed by atoms with E-state index in [9.17, 15) is 4.79 Å². The fraction of sp³-hybridized carbons (Fsp3) is 0.933. The second kappa shape index (κ2) is 8.54. The first-order chi connectivity index (χ1) is 8.81. The van der Waals surface area contributed by atoms with E-state index in [-0.39, 0.29) is 11.6 Å². The van der Waals surface area contributed by atoms with Crippen molar-refractivity contribution in [1.82, 2.24) is 5.32 Å². The highest BCUT2D eigenvalue weighted by molar-refractivity contribution is 5.80. The Balaban J connectivity index is 4.00. The number of ether oxygens (including phenoxy) is 2. The van der Waals surface area contributed by atoms with Crippen molar-refractivity contribution < 1.29 is 14.3 Å². The molecule has 0 aromatic rings. The van der Waals surface area contributed by atoms with Crippen molar-refractivity contribution in [2.75, 3.05) is 20.3 Å². The maximum Gasteiger partial charge on any atom is 0.326 e. The monoisotopic (exact) mass is 273 g/mol. The van der Waals surface area contributed by atoms with E-state index in [1.54, 1.807) is 7.05 Å². The number of rotatable bonds is 10. The van der Waals surface area contributed by atoms with Crippen LogP contribution in [-0.2, 0) is 14.3 Å². The predicted octanol–water partition coefficient (Wildman–Crippen LogP) is 2.90. The second-order valence-electron chi connectivity index (χ2n) is 5.72. The molecule has 0 saturated heterocycles. The van der Waals surface area contributed by atoms with Gasteiger partial charge in [0.2, 0.25) is 0 Å². The van der Waals surface area contributed by atoms with Crippen LogP contribution in [-0.4, -0.2) is 37.4 Å². The molecule has 0 bridgehead atoms. The minimum atomic E-state index is -0.587. The summed E-state index contributed by atoms with van der Waals surface area (Å²) in [6, 6.07) is 0. The van der Waals surface area contributed by atoms with Gasteiger partial charge in [0, 0.05) is 6.61 Å². The molecule has 1 N–H and O–H groups in total. The molecule has 4 nitrogen and oxygen atoms in total. The van der Waals surface area contributed by atoms with Crippen LogP contribution in [0.4, 0.5) is 0 Å². The van der Waals surface area contributed by atoms with Gasteiger partial charge in [0.25, 0.3) is 0 Å². The number of carbonyl (C=O) groups excluding carboxylic acids is 1. The largest absolute Gasteiger partial charge is 0.465 e. The van der Waals surface area contributed by atoms with Crippen LogP contribution in [0.2, 0.25) is 0 Å². The van der Waals surface area contributed by atoms with E-state index in [1.165, 1.54) is 0 Å². The number of likely N-dealkylation sites (N-methyl/N-ethyl adjacent to an activating group) is 1. The van der Waals surface area contributed by atoms with Crippen LogP contribution in [0, 0.1) is 0 Å². The second-order valence-corrected chi connectivity index (χ2v) is 5.72. The van der Waals surface area contributed by atoms with E-state index in [2.05, 4.69) is 26.1 Å². The highest BCUT2D eigenvalue weighted by Crippen LogP contribution is 2.18. The molecule has 0 spiro atoms. The standard InChI is InChI=1S/C15H31NO3/c1-7-14(3,4)19-12-10-9-11-15(5,16-6)13(17)18-8-2/h16H,7-12H2,1-6H3. The summed E-state index contributed by atoms with van der Waals surface area (Å²) in [5.74, 6) is -0.174. The first-order valence-electron chi connectivity index (χ1n) is 7.31. The van der Waals surface area contributed by atoms with Gasteiger partial charge in [-0.05, 0) is 60.4 Å². The molecule has 0 aromatic heterocycles. The molecule has 1 atom stereocenters. The first kappa shape index (κ1) is 18.4. The lowest BCUT2D eigenvalue weighted by molar-refractivity contribution is -0.150. The van der Waals surface area contributed by atoms with Crippen LogP contribution < -0.4 is 5.32 Å². The zero-order valence-electron chi connectivity index (χ0n) is 13.5. The van der Waals surface area contributed by atoms with E-state index in [1.807, 2.05) is 13.8 Å². The number of hydrogen-bond acceptors (Lipinski definition) is 4. The fourth-order valence-electron chi connectivity index (χ4n) is 1.65. The molecule has 0 saturated carbocycles. The SMILES string of the molecule is CCOC(=O)C(C)(CCCCOC(C)(C)CC)NC. The first-order valence-corrected chi connectivity index (χ1v) is 7.31. The molecule has 0 aliphatic heterocycles. The molecule has 114 valence electrons. The van der Waals surface area contributed by atoms with Gasteiger partial charge in [-0.3, -0.25) is 4.79 Å². The Morgan fingerprint density at radius 2 is 1.79 bits per heavy atom. The van der Waals surface area contributed by atoms with Crippen LogP contribution in [0.1, 0.15) is 60.3 Å². The number of nitrogens with one attached hydrogen (secondary N) is 1. The van der Waals surface area contributed by atoms with Gasteiger partial charge in [-0.1, -0.05) is 6.92 Å². The van der Waals surface area contributed by atoms with Gasteiger partial charge in [0.1, 0.15) is 5.54 Å². The minimum Gasteiger partial charge on any atom is -0.465 e. The molecule has 0 aliphatic carbocycles. The lowest BCUT2D eigenvalue weighted by atomic mass is 9.95. The molecular weight excluding hydrogens is 242 g/mol. The lowest BCUT2D eigenvalue weighted by Crippen LogP contribution is -2.48. The van der Waals surface area contributed by atoms with Gasteiger partial charge in [-0.2, -0.15) is 0 Å². The summed E-state index contributed by atoms with van der Waals surface area (Å²) in [6.07, 6.45) is 3.67. The van der Waals surface area contributed by atoms with Crippen LogP contribution in [0.3, 0.4) is 0 Å². The highest BCUT2D eigenvalue weighted by Gasteiger charge is 2.32. The van der Waals surface area contributed by atoms with Crippen molar-refractivity contribution in [3.63, 3.8) is 0 Å². The van der Waals surface area contributed by atoms with Crippen molar-refractivity contribution in [2.24, 2.45) is 0 Å². The van der Waals surface area contributed by atoms with Gasteiger partial charge >= 0.3 is 5.97 Å². The van der Waals surface area contributed by atoms with Gasteiger partial charge in [-0.25, -0.2) is 0 Å². The smallest absolute Gasteiger partial charge is 0.326 e. The zero-order chi connectivity index (χ0) is 14.9. The average molecular weight is 273 g/mol. The highest BCUT2D eigenvalue weighted by atomic mass is 16.5. The number of esters is 1. The summed E-state index contributed by atoms with van der Waals surface area (Å²) >= 11 is 0. The summed E-state index contributed by atoms with van der Waals surface area (Å²) in [6.45, 7) is 11.2. The van der Waals surface area contributed by atoms with Gasteiger partial charge < -0.3 is 14.8 Å². The molecule has 19 heavy (non-hydrogen) atoms. The van der Waals surface area contributed by atoms with Crippen molar-refractivity contribution in [2.45, 2.75) is 71.4 Å². The van der Waals surface area contributed by atoms with E-state index < -0.39 is 5.54 Å². The third-order valence-corrected chi connectivity index (χ3v) is 3.69. The van der Waals surface area contributed by atoms with E-state index >= 15 is 0 Å². The molecule has 0 amide bonds. The summed E-state index contributed by atoms with van der Waals surface area (Å²) in [7, 11) is 1.80. The quantitative estimate of drug-likeness (QED) is 0.491. The average Bonchev–Trinajstić information content (AvgIpc) is 2.38. The summed E-state index contributed by atoms with van der Waals surface area (Å²) in [4.78, 5) is 11.8. The Kier molecular flexibility index (Phi) is 8.26. The van der Waals surface area contributed by atoms with Crippen molar-refractivity contribution in [3.8, 4) is 0 Å². The molecule has 0 aliphatic rings. The van der Waals surface area contributed by atoms with Gasteiger partial charge in [0.15, 0.2) is 0 Å². The van der Waals surface area contributed by atoms with Gasteiger partial charge in [-0.15, -0.1) is 0 Å². The van der Waals surface area contributed by atoms with Crippen molar-refractivity contribution in [1.29, 1.82) is 0 Å². The molecule has 0 fully saturated rings. The molecule has 0 aromatic carbocycles. The summed E-state index contributed by atoms with van der Waals surface area (Å²) in [5.41, 5.74) is -0.635.